The largest absolute Gasteiger partial charge is 0.508 e. The first kappa shape index (κ1) is 32.6. The zero-order valence-corrected chi connectivity index (χ0v) is 25.8. The number of likely N-dealkylation sites (tertiary alicyclic amines) is 2. The number of amides is 1. The minimum absolute atomic E-state index is 0.0892. The minimum Gasteiger partial charge on any atom is -0.508 e. The summed E-state index contributed by atoms with van der Waals surface area (Å²) in [5.41, 5.74) is 1.10. The van der Waals surface area contributed by atoms with Crippen molar-refractivity contribution in [3.05, 3.63) is 65.0 Å². The van der Waals surface area contributed by atoms with Crippen molar-refractivity contribution in [2.24, 2.45) is 11.8 Å². The molecule has 0 radical (unpaired) electrons. The van der Waals surface area contributed by atoms with E-state index >= 15 is 0 Å². The van der Waals surface area contributed by atoms with Gasteiger partial charge in [0.1, 0.15) is 17.6 Å². The van der Waals surface area contributed by atoms with Gasteiger partial charge in [-0.2, -0.15) is 0 Å². The maximum Gasteiger partial charge on any atom is 0.328 e. The summed E-state index contributed by atoms with van der Waals surface area (Å²) >= 11 is 0. The number of carbonyl (C=O) groups is 3. The number of sulfonamides is 1. The molecule has 10 nitrogen and oxygen atoms in total. The molecule has 2 aliphatic rings. The Morgan fingerprint density at radius 3 is 2.47 bits per heavy atom. The molecule has 43 heavy (non-hydrogen) atoms. The number of halogens is 1. The second-order valence-electron chi connectivity index (χ2n) is 11.5. The molecule has 4 atom stereocenters. The van der Waals surface area contributed by atoms with Crippen LogP contribution in [0.25, 0.3) is 0 Å². The number of ketones is 1. The summed E-state index contributed by atoms with van der Waals surface area (Å²) in [6, 6.07) is 9.81. The summed E-state index contributed by atoms with van der Waals surface area (Å²) in [5, 5.41) is 10.1. The molecular weight excluding hydrogens is 577 g/mol. The second kappa shape index (κ2) is 13.5. The van der Waals surface area contributed by atoms with Crippen LogP contribution in [-0.4, -0.2) is 104 Å². The Morgan fingerprint density at radius 1 is 1.09 bits per heavy atom. The topological polar surface area (TPSA) is 125 Å². The molecule has 4 unspecified atom stereocenters. The van der Waals surface area contributed by atoms with Crippen LogP contribution in [0.5, 0.6) is 5.75 Å². The summed E-state index contributed by atoms with van der Waals surface area (Å²) in [7, 11) is -0.724. The van der Waals surface area contributed by atoms with Crippen LogP contribution in [-0.2, 0) is 24.3 Å². The van der Waals surface area contributed by atoms with E-state index in [0.717, 1.165) is 12.7 Å². The number of methoxy groups -OCH3 is 1. The van der Waals surface area contributed by atoms with E-state index in [9.17, 15) is 32.3 Å². The van der Waals surface area contributed by atoms with Gasteiger partial charge in [0, 0.05) is 57.2 Å². The number of aromatic hydroxyl groups is 1. The smallest absolute Gasteiger partial charge is 0.328 e. The molecule has 0 aromatic heterocycles. The first-order valence-corrected chi connectivity index (χ1v) is 16.3. The fourth-order valence-corrected chi connectivity index (χ4v) is 6.74. The van der Waals surface area contributed by atoms with Crippen molar-refractivity contribution < 1.29 is 37.0 Å². The molecule has 12 heteroatoms. The van der Waals surface area contributed by atoms with Gasteiger partial charge in [0.05, 0.1) is 19.3 Å². The van der Waals surface area contributed by atoms with Crippen molar-refractivity contribution in [3.63, 3.8) is 0 Å². The fraction of sp³-hybridized carbons (Fsp3) is 0.516. The first-order valence-electron chi connectivity index (χ1n) is 14.4. The number of hydrogen-bond acceptors (Lipinski definition) is 8. The van der Waals surface area contributed by atoms with E-state index in [2.05, 4.69) is 0 Å². The van der Waals surface area contributed by atoms with Gasteiger partial charge in [0.2, 0.25) is 15.9 Å². The third-order valence-electron chi connectivity index (χ3n) is 8.79. The van der Waals surface area contributed by atoms with E-state index in [1.807, 2.05) is 4.90 Å². The normalized spacial score (nSPS) is 23.3. The Labute approximate surface area is 252 Å². The number of ether oxygens (including phenoxy) is 1. The second-order valence-corrected chi connectivity index (χ2v) is 13.6. The molecule has 0 spiro atoms. The van der Waals surface area contributed by atoms with Gasteiger partial charge in [-0.1, -0.05) is 24.3 Å². The maximum atomic E-state index is 15.0. The van der Waals surface area contributed by atoms with Crippen LogP contribution in [0.15, 0.2) is 42.5 Å². The Balaban J connectivity index is 1.82. The number of Topliss-reactive ketones (excluding diaryl/α,β-unsaturated/α-hetero) is 1. The molecule has 2 saturated heterocycles. The van der Waals surface area contributed by atoms with Crippen molar-refractivity contribution in [2.45, 2.75) is 38.1 Å². The van der Waals surface area contributed by atoms with Gasteiger partial charge < -0.3 is 19.6 Å². The number of nitrogens with zero attached hydrogens (tertiary/aromatic N) is 3. The number of phenolic OH excluding ortho intramolecular Hbond substituents is 1. The average Bonchev–Trinajstić information content (AvgIpc) is 2.99. The molecule has 2 aromatic carbocycles. The summed E-state index contributed by atoms with van der Waals surface area (Å²) in [5.74, 6) is -4.17. The van der Waals surface area contributed by atoms with Gasteiger partial charge in [-0.15, -0.1) is 0 Å². The molecule has 1 amide bonds. The summed E-state index contributed by atoms with van der Waals surface area (Å²) in [6.07, 6.45) is 3.01. The average molecular weight is 618 g/mol. The van der Waals surface area contributed by atoms with Crippen LogP contribution in [0.3, 0.4) is 0 Å². The van der Waals surface area contributed by atoms with E-state index in [1.165, 1.54) is 41.6 Å². The first-order chi connectivity index (χ1) is 20.3. The molecule has 2 heterocycles. The molecule has 0 aliphatic carbocycles. The molecule has 1 N–H and O–H groups in total. The van der Waals surface area contributed by atoms with Crippen LogP contribution >= 0.6 is 0 Å². The number of esters is 1. The Hall–Kier alpha value is -3.35. The highest BCUT2D eigenvalue weighted by atomic mass is 32.2. The Bertz CT molecular complexity index is 1470. The number of phenols is 1. The highest BCUT2D eigenvalue weighted by Crippen LogP contribution is 2.42. The van der Waals surface area contributed by atoms with E-state index < -0.39 is 45.6 Å². The Kier molecular flexibility index (Phi) is 10.2. The number of benzene rings is 2. The van der Waals surface area contributed by atoms with E-state index in [4.69, 9.17) is 4.74 Å². The van der Waals surface area contributed by atoms with E-state index in [1.54, 1.807) is 31.2 Å². The van der Waals surface area contributed by atoms with E-state index in [0.29, 0.717) is 30.5 Å². The number of rotatable bonds is 9. The minimum atomic E-state index is -3.47. The number of hydrogen-bond donors (Lipinski definition) is 1. The molecular formula is C31H40FN3O7S. The lowest BCUT2D eigenvalue weighted by molar-refractivity contribution is -0.157. The van der Waals surface area contributed by atoms with E-state index in [-0.39, 0.29) is 49.2 Å². The molecule has 234 valence electrons. The lowest BCUT2D eigenvalue weighted by Gasteiger charge is -2.46. The van der Waals surface area contributed by atoms with Gasteiger partial charge >= 0.3 is 5.97 Å². The van der Waals surface area contributed by atoms with Crippen LogP contribution in [0, 0.1) is 24.6 Å². The fourth-order valence-electron chi connectivity index (χ4n) is 6.33. The van der Waals surface area contributed by atoms with Gasteiger partial charge in [0.25, 0.3) is 0 Å². The summed E-state index contributed by atoms with van der Waals surface area (Å²) in [6.45, 7) is 2.68. The monoisotopic (exact) mass is 617 g/mol. The van der Waals surface area contributed by atoms with Crippen molar-refractivity contribution in [3.8, 4) is 5.75 Å². The lowest BCUT2D eigenvalue weighted by atomic mass is 9.69. The predicted octanol–water partition coefficient (Wildman–Crippen LogP) is 2.80. The highest BCUT2D eigenvalue weighted by Gasteiger charge is 2.48. The van der Waals surface area contributed by atoms with Crippen LogP contribution in [0.1, 0.15) is 46.7 Å². The third kappa shape index (κ3) is 7.25. The number of carbonyl (C=O) groups excluding carboxylic acids is 3. The van der Waals surface area contributed by atoms with Gasteiger partial charge in [-0.05, 0) is 55.5 Å². The van der Waals surface area contributed by atoms with Gasteiger partial charge in [0.15, 0.2) is 5.78 Å². The lowest BCUT2D eigenvalue weighted by Crippen LogP contribution is -2.57. The van der Waals surface area contributed by atoms with Crippen molar-refractivity contribution in [1.29, 1.82) is 0 Å². The van der Waals surface area contributed by atoms with Crippen molar-refractivity contribution >= 4 is 27.7 Å². The number of piperidine rings is 2. The van der Waals surface area contributed by atoms with Crippen LogP contribution < -0.4 is 0 Å². The molecule has 0 bridgehead atoms. The standard InChI is InChI=1S/C31H40FN3O7S/c1-20-23(11-8-12-26(20)32)28-24(29(37)21-9-7-10-22(36)17-21)18-34(16-15-33(2)43(4,40)41)19-25(28)30(38)35-14-6-5-13-27(35)31(39)42-3/h7-12,17,24-25,27-28,36H,5-6,13-16,18-19H2,1-4H3. The highest BCUT2D eigenvalue weighted by molar-refractivity contribution is 7.88. The maximum absolute atomic E-state index is 15.0. The summed E-state index contributed by atoms with van der Waals surface area (Å²) < 4.78 is 45.4. The predicted molar refractivity (Wildman–Crippen MR) is 159 cm³/mol. The Morgan fingerprint density at radius 2 is 1.79 bits per heavy atom. The third-order valence-corrected chi connectivity index (χ3v) is 10.1. The van der Waals surface area contributed by atoms with Gasteiger partial charge in [-0.25, -0.2) is 21.9 Å². The zero-order chi connectivity index (χ0) is 31.5. The molecule has 0 saturated carbocycles. The SMILES string of the molecule is COC(=O)C1CCCCN1C(=O)C1CN(CCN(C)S(C)(=O)=O)CC(C(=O)c2cccc(O)c2)C1c1cccc(F)c1C. The summed E-state index contributed by atoms with van der Waals surface area (Å²) in [4.78, 5) is 44.8. The zero-order valence-electron chi connectivity index (χ0n) is 25.0. The van der Waals surface area contributed by atoms with Gasteiger partial charge in [-0.3, -0.25) is 9.59 Å². The quantitative estimate of drug-likeness (QED) is 0.337. The number of likely N-dealkylation sites (N-methyl/N-ethyl adjacent to an activating group) is 1. The molecule has 2 aromatic rings. The van der Waals surface area contributed by atoms with Crippen molar-refractivity contribution in [1.82, 2.24) is 14.1 Å². The van der Waals surface area contributed by atoms with Crippen LogP contribution in [0.4, 0.5) is 4.39 Å². The molecule has 4 rings (SSSR count). The van der Waals surface area contributed by atoms with Crippen LogP contribution in [0.2, 0.25) is 0 Å². The van der Waals surface area contributed by atoms with Crippen molar-refractivity contribution in [2.75, 3.05) is 53.1 Å². The molecule has 2 fully saturated rings. The molecule has 2 aliphatic heterocycles.